The molecule has 0 radical (unpaired) electrons. The largest absolute Gasteiger partial charge is 0.228 e. The summed E-state index contributed by atoms with van der Waals surface area (Å²) in [6, 6.07) is 66.3. The van der Waals surface area contributed by atoms with Gasteiger partial charge in [0.25, 0.3) is 0 Å². The van der Waals surface area contributed by atoms with E-state index < -0.39 is 0 Å². The summed E-state index contributed by atoms with van der Waals surface area (Å²) in [5.41, 5.74) is 20.2. The van der Waals surface area contributed by atoms with Crippen molar-refractivity contribution in [1.29, 1.82) is 0 Å². The molecule has 1 aromatic heterocycles. The lowest BCUT2D eigenvalue weighted by atomic mass is 9.81. The number of nitrogens with zero attached hydrogens (tertiary/aromatic N) is 2. The molecule has 0 amide bonds. The standard InChI is InChI=1S/C56H42N2/c1-55(2)47-27-15-14-23-41(47)42-30-29-38(33-49(42)55)39-21-10-12-24-43(39)51-34-52(58-54(57-51)35-17-6-5-7-18-35)44-25-13-11-22-40(44)45-26-16-28-48-53(45)46-31-36-19-8-9-20-37(36)32-50(46)56(48,3)4/h5-34H,1-4H3. The predicted molar refractivity (Wildman–Crippen MR) is 242 cm³/mol. The molecule has 11 rings (SSSR count). The van der Waals surface area contributed by atoms with Gasteiger partial charge in [-0.1, -0.05) is 185 Å². The molecular weight excluding hydrogens is 701 g/mol. The molecule has 9 aromatic rings. The lowest BCUT2D eigenvalue weighted by Gasteiger charge is -2.22. The minimum atomic E-state index is -0.137. The van der Waals surface area contributed by atoms with E-state index in [1.54, 1.807) is 0 Å². The van der Waals surface area contributed by atoms with Crippen LogP contribution in [0.25, 0.3) is 89.2 Å². The summed E-state index contributed by atoms with van der Waals surface area (Å²) in [6.07, 6.45) is 0. The van der Waals surface area contributed by atoms with E-state index >= 15 is 0 Å². The van der Waals surface area contributed by atoms with Crippen LogP contribution in [0.5, 0.6) is 0 Å². The smallest absolute Gasteiger partial charge is 0.160 e. The summed E-state index contributed by atoms with van der Waals surface area (Å²) in [7, 11) is 0. The van der Waals surface area contributed by atoms with Gasteiger partial charge < -0.3 is 0 Å². The molecule has 58 heavy (non-hydrogen) atoms. The van der Waals surface area contributed by atoms with Gasteiger partial charge in [0, 0.05) is 27.5 Å². The summed E-state index contributed by atoms with van der Waals surface area (Å²) in [6.45, 7) is 9.42. The zero-order valence-corrected chi connectivity index (χ0v) is 33.2. The molecule has 1 heterocycles. The molecule has 276 valence electrons. The normalized spacial score (nSPS) is 14.1. The molecule has 0 bridgehead atoms. The molecule has 2 heteroatoms. The Morgan fingerprint density at radius 3 is 1.57 bits per heavy atom. The average Bonchev–Trinajstić information content (AvgIpc) is 3.64. The molecule has 2 aliphatic rings. The Labute approximate surface area is 340 Å². The van der Waals surface area contributed by atoms with Crippen molar-refractivity contribution in [2.24, 2.45) is 0 Å². The van der Waals surface area contributed by atoms with Gasteiger partial charge in [-0.15, -0.1) is 0 Å². The highest BCUT2D eigenvalue weighted by molar-refractivity contribution is 6.01. The zero-order chi connectivity index (χ0) is 39.2. The Morgan fingerprint density at radius 2 is 0.828 bits per heavy atom. The first-order chi connectivity index (χ1) is 28.3. The molecule has 0 atom stereocenters. The van der Waals surface area contributed by atoms with Crippen LogP contribution in [0.3, 0.4) is 0 Å². The van der Waals surface area contributed by atoms with Gasteiger partial charge in [-0.05, 0) is 102 Å². The van der Waals surface area contributed by atoms with E-state index in [1.807, 2.05) is 6.07 Å². The average molecular weight is 743 g/mol. The minimum absolute atomic E-state index is 0.0937. The molecule has 0 fully saturated rings. The number of aromatic nitrogens is 2. The molecule has 0 saturated heterocycles. The van der Waals surface area contributed by atoms with Gasteiger partial charge in [-0.2, -0.15) is 0 Å². The Hall–Kier alpha value is -6.90. The fourth-order valence-electron chi connectivity index (χ4n) is 9.91. The van der Waals surface area contributed by atoms with Crippen molar-refractivity contribution in [3.63, 3.8) is 0 Å². The van der Waals surface area contributed by atoms with Crippen molar-refractivity contribution in [3.8, 4) is 78.4 Å². The van der Waals surface area contributed by atoms with Crippen LogP contribution < -0.4 is 0 Å². The lowest BCUT2D eigenvalue weighted by Crippen LogP contribution is -2.14. The predicted octanol–water partition coefficient (Wildman–Crippen LogP) is 14.6. The third-order valence-corrected chi connectivity index (χ3v) is 12.9. The molecule has 0 saturated carbocycles. The van der Waals surface area contributed by atoms with Crippen molar-refractivity contribution < 1.29 is 0 Å². The SMILES string of the molecule is CC1(C)c2ccccc2-c2ccc(-c3ccccc3-c3cc(-c4ccccc4-c4cccc5c4-c4cc6ccccc6cc4C5(C)C)nc(-c4ccccc4)n3)cc21. The van der Waals surface area contributed by atoms with Crippen LogP contribution in [0.2, 0.25) is 0 Å². The molecule has 0 aliphatic heterocycles. The third kappa shape index (κ3) is 5.18. The minimum Gasteiger partial charge on any atom is -0.228 e. The highest BCUT2D eigenvalue weighted by atomic mass is 14.9. The van der Waals surface area contributed by atoms with E-state index in [4.69, 9.17) is 9.97 Å². The van der Waals surface area contributed by atoms with Crippen LogP contribution in [-0.4, -0.2) is 9.97 Å². The second-order valence-corrected chi connectivity index (χ2v) is 16.9. The van der Waals surface area contributed by atoms with Crippen LogP contribution >= 0.6 is 0 Å². The van der Waals surface area contributed by atoms with Crippen molar-refractivity contribution in [2.75, 3.05) is 0 Å². The van der Waals surface area contributed by atoms with E-state index in [0.717, 1.165) is 39.2 Å². The maximum absolute atomic E-state index is 5.37. The van der Waals surface area contributed by atoms with Crippen molar-refractivity contribution in [2.45, 2.75) is 38.5 Å². The third-order valence-electron chi connectivity index (χ3n) is 12.9. The number of fused-ring (bicyclic) bond motifs is 7. The molecule has 2 aliphatic carbocycles. The van der Waals surface area contributed by atoms with Crippen LogP contribution in [0, 0.1) is 0 Å². The van der Waals surface area contributed by atoms with Gasteiger partial charge in [0.15, 0.2) is 5.82 Å². The van der Waals surface area contributed by atoms with E-state index in [0.29, 0.717) is 5.82 Å². The first kappa shape index (κ1) is 34.4. The highest BCUT2D eigenvalue weighted by Gasteiger charge is 2.38. The summed E-state index contributed by atoms with van der Waals surface area (Å²) in [5.74, 6) is 0.708. The van der Waals surface area contributed by atoms with E-state index in [2.05, 4.69) is 204 Å². The summed E-state index contributed by atoms with van der Waals surface area (Å²) in [4.78, 5) is 10.7. The van der Waals surface area contributed by atoms with Crippen molar-refractivity contribution in [1.82, 2.24) is 9.97 Å². The molecule has 2 nitrogen and oxygen atoms in total. The number of rotatable bonds is 5. The Balaban J connectivity index is 1.10. The lowest BCUT2D eigenvalue weighted by molar-refractivity contribution is 0.660. The van der Waals surface area contributed by atoms with Gasteiger partial charge in [-0.25, -0.2) is 9.97 Å². The first-order valence-corrected chi connectivity index (χ1v) is 20.3. The number of benzene rings is 8. The van der Waals surface area contributed by atoms with Crippen molar-refractivity contribution in [3.05, 3.63) is 204 Å². The zero-order valence-electron chi connectivity index (χ0n) is 33.2. The summed E-state index contributed by atoms with van der Waals surface area (Å²) >= 11 is 0. The van der Waals surface area contributed by atoms with Crippen LogP contribution in [0.4, 0.5) is 0 Å². The van der Waals surface area contributed by atoms with Crippen molar-refractivity contribution >= 4 is 10.8 Å². The van der Waals surface area contributed by atoms with Gasteiger partial charge in [0.05, 0.1) is 11.4 Å². The van der Waals surface area contributed by atoms with E-state index in [9.17, 15) is 0 Å². The number of hydrogen-bond donors (Lipinski definition) is 0. The van der Waals surface area contributed by atoms with Gasteiger partial charge in [0.2, 0.25) is 0 Å². The highest BCUT2D eigenvalue weighted by Crippen LogP contribution is 2.54. The van der Waals surface area contributed by atoms with E-state index in [1.165, 1.54) is 66.4 Å². The Kier molecular flexibility index (Phi) is 7.59. The summed E-state index contributed by atoms with van der Waals surface area (Å²) < 4.78 is 0. The summed E-state index contributed by atoms with van der Waals surface area (Å²) in [5, 5.41) is 2.54. The molecule has 8 aromatic carbocycles. The number of hydrogen-bond acceptors (Lipinski definition) is 2. The first-order valence-electron chi connectivity index (χ1n) is 20.3. The maximum Gasteiger partial charge on any atom is 0.160 e. The fourth-order valence-corrected chi connectivity index (χ4v) is 9.91. The van der Waals surface area contributed by atoms with Gasteiger partial charge in [0.1, 0.15) is 0 Å². The van der Waals surface area contributed by atoms with Crippen LogP contribution in [0.1, 0.15) is 49.9 Å². The molecular formula is C56H42N2. The monoisotopic (exact) mass is 742 g/mol. The van der Waals surface area contributed by atoms with Crippen LogP contribution in [0.15, 0.2) is 182 Å². The quantitative estimate of drug-likeness (QED) is 0.175. The van der Waals surface area contributed by atoms with Crippen LogP contribution in [-0.2, 0) is 10.8 Å². The fraction of sp³-hybridized carbons (Fsp3) is 0.107. The Morgan fingerprint density at radius 1 is 0.310 bits per heavy atom. The second kappa shape index (κ2) is 12.8. The van der Waals surface area contributed by atoms with Gasteiger partial charge >= 0.3 is 0 Å². The Bertz CT molecular complexity index is 3110. The van der Waals surface area contributed by atoms with E-state index in [-0.39, 0.29) is 10.8 Å². The maximum atomic E-state index is 5.37. The van der Waals surface area contributed by atoms with Gasteiger partial charge in [-0.3, -0.25) is 0 Å². The molecule has 0 spiro atoms. The second-order valence-electron chi connectivity index (χ2n) is 16.9. The topological polar surface area (TPSA) is 25.8 Å². The molecule has 0 unspecified atom stereocenters. The molecule has 0 N–H and O–H groups in total.